The molecule has 1 fully saturated rings. The van der Waals surface area contributed by atoms with Crippen LogP contribution in [0.4, 0.5) is 5.69 Å². The summed E-state index contributed by atoms with van der Waals surface area (Å²) in [5, 5.41) is 5.93. The number of carbonyl (C=O) groups excluding carboxylic acids is 4. The predicted molar refractivity (Wildman–Crippen MR) is 118 cm³/mol. The first-order valence-corrected chi connectivity index (χ1v) is 10.4. The summed E-state index contributed by atoms with van der Waals surface area (Å²) in [4.78, 5) is 46.7. The molecule has 0 aliphatic carbocycles. The van der Waals surface area contributed by atoms with E-state index in [4.69, 9.17) is 35.9 Å². The highest BCUT2D eigenvalue weighted by Crippen LogP contribution is 2.28. The standard InChI is InChI=1S/C21H26N2O9S/c1-11(24)28-10-16-17(29-12(2)25)18(30-13(3)26)19(31-14(4)27)20(32-16)23-21(33)22-15-8-6-5-7-9-15/h5-9,16-20H,10H2,1-4H3,(H2,22,23,33)/t16-,17-,18+,19-,20-/m1/s1. The molecule has 0 radical (unpaired) electrons. The fraction of sp³-hybridized carbons (Fsp3) is 0.476. The molecule has 0 aromatic heterocycles. The number of benzene rings is 1. The summed E-state index contributed by atoms with van der Waals surface area (Å²) < 4.78 is 27.0. The minimum Gasteiger partial charge on any atom is -0.463 e. The highest BCUT2D eigenvalue weighted by Gasteiger charge is 2.52. The van der Waals surface area contributed by atoms with E-state index in [1.54, 1.807) is 24.3 Å². The van der Waals surface area contributed by atoms with Crippen LogP contribution in [-0.2, 0) is 42.9 Å². The van der Waals surface area contributed by atoms with E-state index in [1.807, 2.05) is 6.07 Å². The Morgan fingerprint density at radius 3 is 1.94 bits per heavy atom. The van der Waals surface area contributed by atoms with Gasteiger partial charge in [0.15, 0.2) is 29.7 Å². The normalized spacial score (nSPS) is 24.1. The molecule has 0 unspecified atom stereocenters. The number of ether oxygens (including phenoxy) is 5. The number of hydrogen-bond acceptors (Lipinski definition) is 10. The van der Waals surface area contributed by atoms with E-state index in [-0.39, 0.29) is 11.7 Å². The topological polar surface area (TPSA) is 138 Å². The van der Waals surface area contributed by atoms with Crippen LogP contribution in [0.3, 0.4) is 0 Å². The third-order valence-electron chi connectivity index (χ3n) is 4.30. The molecule has 5 atom stereocenters. The van der Waals surface area contributed by atoms with Crippen molar-refractivity contribution in [3.8, 4) is 0 Å². The SMILES string of the molecule is CC(=O)OC[C@H]1O[C@@H](NC(=S)Nc2ccccc2)[C@H](OC(C)=O)[C@@H](OC(C)=O)[C@@H]1OC(C)=O. The van der Waals surface area contributed by atoms with Gasteiger partial charge in [-0.15, -0.1) is 0 Å². The maximum Gasteiger partial charge on any atom is 0.303 e. The molecule has 2 rings (SSSR count). The Morgan fingerprint density at radius 1 is 0.848 bits per heavy atom. The molecule has 0 spiro atoms. The zero-order valence-corrected chi connectivity index (χ0v) is 19.4. The van der Waals surface area contributed by atoms with Gasteiger partial charge in [-0.2, -0.15) is 0 Å². The van der Waals surface area contributed by atoms with Crippen molar-refractivity contribution >= 4 is 46.9 Å². The van der Waals surface area contributed by atoms with Gasteiger partial charge in [-0.3, -0.25) is 19.2 Å². The van der Waals surface area contributed by atoms with Crippen LogP contribution in [0.15, 0.2) is 30.3 Å². The molecule has 1 aromatic carbocycles. The highest BCUT2D eigenvalue weighted by molar-refractivity contribution is 7.80. The Bertz CT molecular complexity index is 880. The molecule has 180 valence electrons. The van der Waals surface area contributed by atoms with E-state index in [2.05, 4.69) is 10.6 Å². The van der Waals surface area contributed by atoms with Gasteiger partial charge >= 0.3 is 23.9 Å². The van der Waals surface area contributed by atoms with E-state index in [9.17, 15) is 19.2 Å². The number of para-hydroxylation sites is 1. The Hall–Kier alpha value is -3.25. The molecule has 2 N–H and O–H groups in total. The summed E-state index contributed by atoms with van der Waals surface area (Å²) in [5.74, 6) is -2.72. The first-order valence-electron chi connectivity index (χ1n) is 10.00. The number of anilines is 1. The maximum atomic E-state index is 11.8. The quantitative estimate of drug-likeness (QED) is 0.326. The predicted octanol–water partition coefficient (Wildman–Crippen LogP) is 1.06. The van der Waals surface area contributed by atoms with Gasteiger partial charge < -0.3 is 34.3 Å². The van der Waals surface area contributed by atoms with Crippen LogP contribution in [0.5, 0.6) is 0 Å². The van der Waals surface area contributed by atoms with Gasteiger partial charge in [0.2, 0.25) is 0 Å². The van der Waals surface area contributed by atoms with Crippen LogP contribution >= 0.6 is 12.2 Å². The molecular weight excluding hydrogens is 456 g/mol. The highest BCUT2D eigenvalue weighted by atomic mass is 32.1. The van der Waals surface area contributed by atoms with Crippen LogP contribution in [0.25, 0.3) is 0 Å². The van der Waals surface area contributed by atoms with Crippen molar-refractivity contribution in [2.24, 2.45) is 0 Å². The Balaban J connectivity index is 2.35. The van der Waals surface area contributed by atoms with Crippen molar-refractivity contribution in [2.75, 3.05) is 11.9 Å². The molecule has 11 nitrogen and oxygen atoms in total. The summed E-state index contributed by atoms with van der Waals surface area (Å²) in [5.41, 5.74) is 0.681. The van der Waals surface area contributed by atoms with Gasteiger partial charge in [0.1, 0.15) is 12.7 Å². The van der Waals surface area contributed by atoms with Gasteiger partial charge in [0, 0.05) is 33.4 Å². The molecular formula is C21H26N2O9S. The number of hydrogen-bond donors (Lipinski definition) is 2. The molecule has 1 aliphatic heterocycles. The fourth-order valence-electron chi connectivity index (χ4n) is 3.16. The van der Waals surface area contributed by atoms with E-state index in [0.717, 1.165) is 20.8 Å². The van der Waals surface area contributed by atoms with E-state index < -0.39 is 54.5 Å². The second-order valence-corrected chi connectivity index (χ2v) is 7.49. The zero-order chi connectivity index (χ0) is 24.5. The van der Waals surface area contributed by atoms with Crippen molar-refractivity contribution in [3.63, 3.8) is 0 Å². The molecule has 0 amide bonds. The van der Waals surface area contributed by atoms with Crippen molar-refractivity contribution in [2.45, 2.75) is 58.3 Å². The second-order valence-electron chi connectivity index (χ2n) is 7.08. The first kappa shape index (κ1) is 26.0. The fourth-order valence-corrected chi connectivity index (χ4v) is 3.40. The molecule has 1 heterocycles. The second kappa shape index (κ2) is 12.1. The molecule has 1 aliphatic rings. The van der Waals surface area contributed by atoms with Gasteiger partial charge in [-0.25, -0.2) is 0 Å². The summed E-state index contributed by atoms with van der Waals surface area (Å²) in [6.45, 7) is 4.33. The Labute approximate surface area is 196 Å². The average molecular weight is 483 g/mol. The van der Waals surface area contributed by atoms with Gasteiger partial charge in [-0.05, 0) is 24.4 Å². The number of thiocarbonyl (C=S) groups is 1. The molecule has 0 bridgehead atoms. The van der Waals surface area contributed by atoms with Crippen LogP contribution in [0.1, 0.15) is 27.7 Å². The summed E-state index contributed by atoms with van der Waals surface area (Å²) in [6.07, 6.45) is -5.97. The Morgan fingerprint density at radius 2 is 1.39 bits per heavy atom. The van der Waals surface area contributed by atoms with Gasteiger partial charge in [-0.1, -0.05) is 18.2 Å². The molecule has 1 saturated heterocycles. The van der Waals surface area contributed by atoms with Crippen LogP contribution < -0.4 is 10.6 Å². The van der Waals surface area contributed by atoms with Crippen LogP contribution in [0, 0.1) is 0 Å². The average Bonchev–Trinajstić information content (AvgIpc) is 2.70. The smallest absolute Gasteiger partial charge is 0.303 e. The largest absolute Gasteiger partial charge is 0.463 e. The molecule has 33 heavy (non-hydrogen) atoms. The number of nitrogens with one attached hydrogen (secondary N) is 2. The van der Waals surface area contributed by atoms with E-state index >= 15 is 0 Å². The summed E-state index contributed by atoms with van der Waals surface area (Å²) >= 11 is 5.33. The van der Waals surface area contributed by atoms with Crippen molar-refractivity contribution in [3.05, 3.63) is 30.3 Å². The molecule has 12 heteroatoms. The monoisotopic (exact) mass is 482 g/mol. The van der Waals surface area contributed by atoms with Crippen molar-refractivity contribution in [1.29, 1.82) is 0 Å². The van der Waals surface area contributed by atoms with E-state index in [1.165, 1.54) is 6.92 Å². The van der Waals surface area contributed by atoms with Crippen molar-refractivity contribution < 1.29 is 42.9 Å². The summed E-state index contributed by atoms with van der Waals surface area (Å²) in [6, 6.07) is 9.00. The van der Waals surface area contributed by atoms with E-state index in [0.29, 0.717) is 5.69 Å². The number of carbonyl (C=O) groups is 4. The number of rotatable bonds is 7. The molecule has 0 saturated carbocycles. The van der Waals surface area contributed by atoms with Gasteiger partial charge in [0.25, 0.3) is 0 Å². The third-order valence-corrected chi connectivity index (χ3v) is 4.52. The van der Waals surface area contributed by atoms with Gasteiger partial charge in [0.05, 0.1) is 0 Å². The number of esters is 4. The minimum absolute atomic E-state index is 0.113. The zero-order valence-electron chi connectivity index (χ0n) is 18.6. The van der Waals surface area contributed by atoms with Crippen molar-refractivity contribution in [1.82, 2.24) is 5.32 Å². The Kier molecular flexibility index (Phi) is 9.55. The first-order chi connectivity index (χ1) is 15.6. The lowest BCUT2D eigenvalue weighted by Gasteiger charge is -2.44. The lowest BCUT2D eigenvalue weighted by molar-refractivity contribution is -0.254. The maximum absolute atomic E-state index is 11.8. The molecule has 1 aromatic rings. The summed E-state index contributed by atoms with van der Waals surface area (Å²) in [7, 11) is 0. The van der Waals surface area contributed by atoms with Crippen LogP contribution in [-0.4, -0.2) is 66.2 Å². The van der Waals surface area contributed by atoms with Crippen LogP contribution in [0.2, 0.25) is 0 Å². The minimum atomic E-state index is -1.28. The third kappa shape index (κ3) is 8.31. The lowest BCUT2D eigenvalue weighted by Crippen LogP contribution is -2.66. The lowest BCUT2D eigenvalue weighted by atomic mass is 9.97.